The van der Waals surface area contributed by atoms with Gasteiger partial charge in [0.05, 0.1) is 6.61 Å². The monoisotopic (exact) mass is 255 g/mol. The molecule has 0 aliphatic heterocycles. The molecular formula is C11H14BrNO. The van der Waals surface area contributed by atoms with Crippen molar-refractivity contribution in [3.05, 3.63) is 33.8 Å². The Labute approximate surface area is 92.5 Å². The van der Waals surface area contributed by atoms with E-state index in [4.69, 9.17) is 5.11 Å². The van der Waals surface area contributed by atoms with E-state index in [0.717, 1.165) is 17.3 Å². The Hall–Kier alpha value is -0.380. The van der Waals surface area contributed by atoms with Crippen molar-refractivity contribution in [3.63, 3.8) is 0 Å². The molecule has 1 aromatic carbocycles. The van der Waals surface area contributed by atoms with Crippen molar-refractivity contribution >= 4 is 15.9 Å². The summed E-state index contributed by atoms with van der Waals surface area (Å²) in [6.45, 7) is 0.913. The molecule has 0 spiro atoms. The number of aliphatic hydroxyl groups is 1. The van der Waals surface area contributed by atoms with Crippen LogP contribution in [0.5, 0.6) is 0 Å². The fourth-order valence-corrected chi connectivity index (χ4v) is 2.41. The Morgan fingerprint density at radius 2 is 2.14 bits per heavy atom. The van der Waals surface area contributed by atoms with E-state index in [0.29, 0.717) is 12.6 Å². The molecule has 0 fully saturated rings. The van der Waals surface area contributed by atoms with Gasteiger partial charge in [-0.2, -0.15) is 0 Å². The zero-order chi connectivity index (χ0) is 9.97. The quantitative estimate of drug-likeness (QED) is 0.859. The zero-order valence-electron chi connectivity index (χ0n) is 7.96. The lowest BCUT2D eigenvalue weighted by atomic mass is 10.1. The summed E-state index contributed by atoms with van der Waals surface area (Å²) in [7, 11) is 0. The van der Waals surface area contributed by atoms with Gasteiger partial charge in [0.25, 0.3) is 0 Å². The first-order valence-electron chi connectivity index (χ1n) is 4.91. The fraction of sp³-hybridized carbons (Fsp3) is 0.455. The molecule has 0 bridgehead atoms. The number of benzene rings is 1. The molecule has 0 heterocycles. The molecule has 3 heteroatoms. The molecule has 2 rings (SSSR count). The van der Waals surface area contributed by atoms with Crippen LogP contribution < -0.4 is 5.32 Å². The summed E-state index contributed by atoms with van der Waals surface area (Å²) in [6, 6.07) is 6.97. The average Bonchev–Trinajstić information content (AvgIpc) is 2.56. The van der Waals surface area contributed by atoms with Crippen molar-refractivity contribution in [3.8, 4) is 0 Å². The number of rotatable bonds is 3. The number of hydrogen-bond donors (Lipinski definition) is 2. The second-order valence-corrected chi connectivity index (χ2v) is 4.61. The maximum atomic E-state index is 8.72. The van der Waals surface area contributed by atoms with Crippen molar-refractivity contribution in [1.82, 2.24) is 5.32 Å². The number of hydrogen-bond acceptors (Lipinski definition) is 2. The van der Waals surface area contributed by atoms with Crippen LogP contribution in [0.1, 0.15) is 11.1 Å². The summed E-state index contributed by atoms with van der Waals surface area (Å²) in [4.78, 5) is 0. The van der Waals surface area contributed by atoms with Crippen LogP contribution in [0.3, 0.4) is 0 Å². The van der Waals surface area contributed by atoms with Gasteiger partial charge in [-0.1, -0.05) is 22.0 Å². The minimum absolute atomic E-state index is 0.219. The van der Waals surface area contributed by atoms with Gasteiger partial charge in [-0.3, -0.25) is 0 Å². The van der Waals surface area contributed by atoms with E-state index in [1.807, 2.05) is 0 Å². The van der Waals surface area contributed by atoms with Gasteiger partial charge < -0.3 is 10.4 Å². The molecule has 0 amide bonds. The van der Waals surface area contributed by atoms with Gasteiger partial charge in [-0.15, -0.1) is 0 Å². The Balaban J connectivity index is 2.03. The van der Waals surface area contributed by atoms with Crippen molar-refractivity contribution in [2.45, 2.75) is 18.9 Å². The second kappa shape index (κ2) is 4.43. The zero-order valence-corrected chi connectivity index (χ0v) is 9.55. The van der Waals surface area contributed by atoms with Gasteiger partial charge in [0.2, 0.25) is 0 Å². The van der Waals surface area contributed by atoms with Crippen LogP contribution in [0.2, 0.25) is 0 Å². The molecule has 1 aliphatic rings. The summed E-state index contributed by atoms with van der Waals surface area (Å²) < 4.78 is 1.15. The summed E-state index contributed by atoms with van der Waals surface area (Å²) in [5.41, 5.74) is 2.86. The van der Waals surface area contributed by atoms with E-state index in [1.165, 1.54) is 11.1 Å². The molecule has 2 nitrogen and oxygen atoms in total. The van der Waals surface area contributed by atoms with Gasteiger partial charge in [0.15, 0.2) is 0 Å². The molecule has 2 N–H and O–H groups in total. The third-order valence-electron chi connectivity index (χ3n) is 2.65. The average molecular weight is 256 g/mol. The van der Waals surface area contributed by atoms with Crippen LogP contribution in [0.4, 0.5) is 0 Å². The van der Waals surface area contributed by atoms with Gasteiger partial charge in [-0.25, -0.2) is 0 Å². The highest BCUT2D eigenvalue weighted by molar-refractivity contribution is 9.10. The van der Waals surface area contributed by atoms with Gasteiger partial charge in [0.1, 0.15) is 0 Å². The maximum absolute atomic E-state index is 8.72. The molecule has 0 radical (unpaired) electrons. The minimum atomic E-state index is 0.219. The van der Waals surface area contributed by atoms with Crippen LogP contribution in [0.15, 0.2) is 22.7 Å². The number of aliphatic hydroxyl groups excluding tert-OH is 1. The summed E-state index contributed by atoms with van der Waals surface area (Å²) in [5.74, 6) is 0. The topological polar surface area (TPSA) is 32.3 Å². The SMILES string of the molecule is OCCNC1Cc2ccc(Br)cc2C1. The highest BCUT2D eigenvalue weighted by atomic mass is 79.9. The largest absolute Gasteiger partial charge is 0.395 e. The Kier molecular flexibility index (Phi) is 3.21. The summed E-state index contributed by atoms with van der Waals surface area (Å²) >= 11 is 3.48. The third-order valence-corrected chi connectivity index (χ3v) is 3.14. The molecule has 1 aromatic rings. The van der Waals surface area contributed by atoms with E-state index in [9.17, 15) is 0 Å². The normalized spacial score (nSPS) is 19.7. The van der Waals surface area contributed by atoms with Gasteiger partial charge in [-0.05, 0) is 36.1 Å². The molecule has 76 valence electrons. The molecule has 1 atom stereocenters. The van der Waals surface area contributed by atoms with Crippen LogP contribution in [-0.2, 0) is 12.8 Å². The Morgan fingerprint density at radius 3 is 2.93 bits per heavy atom. The van der Waals surface area contributed by atoms with Crippen LogP contribution in [-0.4, -0.2) is 24.3 Å². The van der Waals surface area contributed by atoms with Crippen molar-refractivity contribution in [2.24, 2.45) is 0 Å². The lowest BCUT2D eigenvalue weighted by molar-refractivity contribution is 0.285. The molecule has 0 saturated heterocycles. The van der Waals surface area contributed by atoms with Crippen molar-refractivity contribution < 1.29 is 5.11 Å². The van der Waals surface area contributed by atoms with Gasteiger partial charge >= 0.3 is 0 Å². The van der Waals surface area contributed by atoms with Crippen molar-refractivity contribution in [2.75, 3.05) is 13.2 Å². The lowest BCUT2D eigenvalue weighted by Crippen LogP contribution is -2.31. The van der Waals surface area contributed by atoms with E-state index in [-0.39, 0.29) is 6.61 Å². The fourth-order valence-electron chi connectivity index (χ4n) is 2.00. The molecule has 0 aromatic heterocycles. The number of nitrogens with one attached hydrogen (secondary N) is 1. The smallest absolute Gasteiger partial charge is 0.0556 e. The predicted octanol–water partition coefficient (Wildman–Crippen LogP) is 1.50. The minimum Gasteiger partial charge on any atom is -0.395 e. The molecular weight excluding hydrogens is 242 g/mol. The molecule has 1 aliphatic carbocycles. The van der Waals surface area contributed by atoms with Crippen molar-refractivity contribution in [1.29, 1.82) is 0 Å². The Bertz CT molecular complexity index is 327. The van der Waals surface area contributed by atoms with E-state index in [2.05, 4.69) is 39.4 Å². The highest BCUT2D eigenvalue weighted by Gasteiger charge is 2.20. The highest BCUT2D eigenvalue weighted by Crippen LogP contribution is 2.25. The Morgan fingerprint density at radius 1 is 1.36 bits per heavy atom. The van der Waals surface area contributed by atoms with Crippen LogP contribution in [0.25, 0.3) is 0 Å². The molecule has 0 saturated carbocycles. The van der Waals surface area contributed by atoms with E-state index >= 15 is 0 Å². The van der Waals surface area contributed by atoms with Gasteiger partial charge in [0, 0.05) is 17.1 Å². The first kappa shape index (κ1) is 10.1. The van der Waals surface area contributed by atoms with Crippen LogP contribution in [0, 0.1) is 0 Å². The molecule has 1 unspecified atom stereocenters. The standard InChI is InChI=1S/C11H14BrNO/c12-10-2-1-8-6-11(13-3-4-14)7-9(8)5-10/h1-2,5,11,13-14H,3-4,6-7H2. The summed E-state index contributed by atoms with van der Waals surface area (Å²) in [6.07, 6.45) is 2.16. The van der Waals surface area contributed by atoms with E-state index < -0.39 is 0 Å². The summed E-state index contributed by atoms with van der Waals surface area (Å²) in [5, 5.41) is 12.1. The first-order valence-corrected chi connectivity index (χ1v) is 5.70. The third kappa shape index (κ3) is 2.16. The number of halogens is 1. The molecule has 14 heavy (non-hydrogen) atoms. The lowest BCUT2D eigenvalue weighted by Gasteiger charge is -2.09. The van der Waals surface area contributed by atoms with Crippen LogP contribution >= 0.6 is 15.9 Å². The first-order chi connectivity index (χ1) is 6.79. The predicted molar refractivity (Wildman–Crippen MR) is 60.4 cm³/mol. The second-order valence-electron chi connectivity index (χ2n) is 3.70. The maximum Gasteiger partial charge on any atom is 0.0556 e. The number of fused-ring (bicyclic) bond motifs is 1. The van der Waals surface area contributed by atoms with E-state index in [1.54, 1.807) is 0 Å².